The van der Waals surface area contributed by atoms with E-state index in [0.29, 0.717) is 5.69 Å². The fourth-order valence-corrected chi connectivity index (χ4v) is 2.68. The van der Waals surface area contributed by atoms with Gasteiger partial charge in [-0.25, -0.2) is 4.79 Å². The van der Waals surface area contributed by atoms with Gasteiger partial charge in [0.2, 0.25) is 0 Å². The Morgan fingerprint density at radius 2 is 1.68 bits per heavy atom. The van der Waals surface area contributed by atoms with Crippen LogP contribution in [0.2, 0.25) is 15.1 Å². The Bertz CT molecular complexity index is 835. The van der Waals surface area contributed by atoms with Crippen LogP contribution in [0.4, 0.5) is 5.69 Å². The third kappa shape index (κ3) is 4.64. The van der Waals surface area contributed by atoms with Crippen LogP contribution < -0.4 is 4.90 Å². The molecule has 2 aromatic rings. The van der Waals surface area contributed by atoms with Crippen molar-refractivity contribution in [3.8, 4) is 6.07 Å². The van der Waals surface area contributed by atoms with E-state index in [1.807, 2.05) is 6.07 Å². The summed E-state index contributed by atoms with van der Waals surface area (Å²) in [6, 6.07) is 13.3. The maximum absolute atomic E-state index is 12.3. The van der Waals surface area contributed by atoms with E-state index in [1.165, 1.54) is 17.0 Å². The minimum absolute atomic E-state index is 0.0523. The van der Waals surface area contributed by atoms with E-state index in [1.54, 1.807) is 30.3 Å². The number of hydrogen-bond acceptors (Lipinski definition) is 4. The summed E-state index contributed by atoms with van der Waals surface area (Å²) in [6.45, 7) is -0.756. The second kappa shape index (κ2) is 8.72. The van der Waals surface area contributed by atoms with Crippen LogP contribution in [0.15, 0.2) is 42.5 Å². The Morgan fingerprint density at radius 3 is 2.32 bits per heavy atom. The van der Waals surface area contributed by atoms with Gasteiger partial charge in [0.15, 0.2) is 6.61 Å². The van der Waals surface area contributed by atoms with Crippen molar-refractivity contribution in [3.63, 3.8) is 0 Å². The third-order valence-corrected chi connectivity index (χ3v) is 4.29. The average molecular weight is 398 g/mol. The van der Waals surface area contributed by atoms with Crippen molar-refractivity contribution in [2.45, 2.75) is 0 Å². The first-order valence-electron chi connectivity index (χ1n) is 6.98. The molecule has 8 heteroatoms. The van der Waals surface area contributed by atoms with Crippen LogP contribution in [-0.4, -0.2) is 25.0 Å². The van der Waals surface area contributed by atoms with Crippen LogP contribution in [0.25, 0.3) is 0 Å². The highest BCUT2D eigenvalue weighted by Gasteiger charge is 2.22. The number of para-hydroxylation sites is 1. The van der Waals surface area contributed by atoms with Gasteiger partial charge in [0, 0.05) is 5.69 Å². The number of carbonyl (C=O) groups excluding carboxylic acids is 2. The molecule has 0 aromatic heterocycles. The number of anilines is 1. The molecule has 2 rings (SSSR count). The summed E-state index contributed by atoms with van der Waals surface area (Å²) in [5, 5.41) is 9.05. The quantitative estimate of drug-likeness (QED) is 0.427. The van der Waals surface area contributed by atoms with Gasteiger partial charge in [-0.3, -0.25) is 9.69 Å². The monoisotopic (exact) mass is 396 g/mol. The van der Waals surface area contributed by atoms with Crippen LogP contribution in [0, 0.1) is 11.3 Å². The topological polar surface area (TPSA) is 70.4 Å². The van der Waals surface area contributed by atoms with Crippen LogP contribution in [0.3, 0.4) is 0 Å². The third-order valence-electron chi connectivity index (χ3n) is 3.17. The number of rotatable bonds is 5. The molecule has 0 fully saturated rings. The van der Waals surface area contributed by atoms with Gasteiger partial charge in [-0.2, -0.15) is 5.26 Å². The molecule has 0 aliphatic carbocycles. The first kappa shape index (κ1) is 19.1. The fourth-order valence-electron chi connectivity index (χ4n) is 1.99. The smallest absolute Gasteiger partial charge is 0.341 e. The van der Waals surface area contributed by atoms with E-state index in [4.69, 9.17) is 44.8 Å². The van der Waals surface area contributed by atoms with Gasteiger partial charge in [-0.1, -0.05) is 53.0 Å². The van der Waals surface area contributed by atoms with Crippen molar-refractivity contribution in [1.29, 1.82) is 5.26 Å². The summed E-state index contributed by atoms with van der Waals surface area (Å²) in [7, 11) is 0. The molecule has 0 aliphatic heterocycles. The molecule has 0 radical (unpaired) electrons. The lowest BCUT2D eigenvalue weighted by Crippen LogP contribution is -2.35. The maximum Gasteiger partial charge on any atom is 0.341 e. The van der Waals surface area contributed by atoms with E-state index in [2.05, 4.69) is 0 Å². The first-order valence-corrected chi connectivity index (χ1v) is 8.12. The highest BCUT2D eigenvalue weighted by atomic mass is 35.5. The Labute approximate surface area is 159 Å². The number of carbonyl (C=O) groups is 2. The van der Waals surface area contributed by atoms with Gasteiger partial charge < -0.3 is 4.74 Å². The largest absolute Gasteiger partial charge is 0.452 e. The van der Waals surface area contributed by atoms with Gasteiger partial charge in [-0.05, 0) is 24.3 Å². The molecule has 0 saturated carbocycles. The molecule has 0 bridgehead atoms. The predicted molar refractivity (Wildman–Crippen MR) is 96.2 cm³/mol. The van der Waals surface area contributed by atoms with Crippen molar-refractivity contribution in [2.24, 2.45) is 0 Å². The van der Waals surface area contributed by atoms with Crippen LogP contribution in [0.5, 0.6) is 0 Å². The van der Waals surface area contributed by atoms with Gasteiger partial charge in [0.05, 0.1) is 26.7 Å². The highest BCUT2D eigenvalue weighted by molar-refractivity contribution is 6.46. The Hall–Kier alpha value is -2.26. The zero-order chi connectivity index (χ0) is 18.4. The van der Waals surface area contributed by atoms with E-state index < -0.39 is 18.5 Å². The van der Waals surface area contributed by atoms with E-state index >= 15 is 0 Å². The molecule has 5 nitrogen and oxygen atoms in total. The number of hydrogen-bond donors (Lipinski definition) is 0. The molecule has 0 unspecified atom stereocenters. The highest BCUT2D eigenvalue weighted by Crippen LogP contribution is 2.31. The Balaban J connectivity index is 2.12. The first-order chi connectivity index (χ1) is 12.0. The number of amides is 1. The minimum Gasteiger partial charge on any atom is -0.452 e. The second-order valence-corrected chi connectivity index (χ2v) is 5.96. The van der Waals surface area contributed by atoms with Crippen molar-refractivity contribution in [1.82, 2.24) is 0 Å². The van der Waals surface area contributed by atoms with Crippen LogP contribution in [-0.2, 0) is 9.53 Å². The SMILES string of the molecule is N#CCN(C(=O)COC(=O)c1c(Cl)ccc(Cl)c1Cl)c1ccccc1. The molecule has 128 valence electrons. The van der Waals surface area contributed by atoms with Crippen molar-refractivity contribution >= 4 is 52.4 Å². The summed E-state index contributed by atoms with van der Waals surface area (Å²) in [6.07, 6.45) is 0. The molecule has 0 spiro atoms. The zero-order valence-corrected chi connectivity index (χ0v) is 15.0. The summed E-state index contributed by atoms with van der Waals surface area (Å²) in [5.41, 5.74) is 0.402. The van der Waals surface area contributed by atoms with Gasteiger partial charge >= 0.3 is 5.97 Å². The van der Waals surface area contributed by atoms with E-state index in [0.717, 1.165) is 0 Å². The fraction of sp³-hybridized carbons (Fsp3) is 0.118. The normalized spacial score (nSPS) is 10.0. The molecule has 0 aliphatic rings. The number of benzene rings is 2. The molecular formula is C17H11Cl3N2O3. The molecule has 1 amide bonds. The van der Waals surface area contributed by atoms with E-state index in [9.17, 15) is 9.59 Å². The molecule has 0 atom stereocenters. The molecule has 25 heavy (non-hydrogen) atoms. The molecule has 0 saturated heterocycles. The number of halogens is 3. The van der Waals surface area contributed by atoms with Gasteiger partial charge in [-0.15, -0.1) is 0 Å². The van der Waals surface area contributed by atoms with Gasteiger partial charge in [0.25, 0.3) is 5.91 Å². The molecule has 0 N–H and O–H groups in total. The number of nitrogens with zero attached hydrogens (tertiary/aromatic N) is 2. The standard InChI is InChI=1S/C17H11Cl3N2O3/c18-12-6-7-13(19)16(20)15(12)17(24)25-10-14(23)22(9-8-21)11-4-2-1-3-5-11/h1-7H,9-10H2. The van der Waals surface area contributed by atoms with Gasteiger partial charge in [0.1, 0.15) is 6.54 Å². The van der Waals surface area contributed by atoms with Crippen molar-refractivity contribution in [3.05, 3.63) is 63.1 Å². The summed E-state index contributed by atoms with van der Waals surface area (Å²) < 4.78 is 4.99. The Morgan fingerprint density at radius 1 is 1.04 bits per heavy atom. The lowest BCUT2D eigenvalue weighted by atomic mass is 10.2. The Kier molecular flexibility index (Phi) is 6.65. The number of nitriles is 1. The predicted octanol–water partition coefficient (Wildman–Crippen LogP) is 4.36. The lowest BCUT2D eigenvalue weighted by molar-refractivity contribution is -0.121. The molecule has 2 aromatic carbocycles. The summed E-state index contributed by atoms with van der Waals surface area (Å²) in [5.74, 6) is -1.44. The molecular weight excluding hydrogens is 387 g/mol. The maximum atomic E-state index is 12.3. The van der Waals surface area contributed by atoms with Crippen molar-refractivity contribution < 1.29 is 14.3 Å². The van der Waals surface area contributed by atoms with E-state index in [-0.39, 0.29) is 27.2 Å². The van der Waals surface area contributed by atoms with Crippen LogP contribution >= 0.6 is 34.8 Å². The van der Waals surface area contributed by atoms with Crippen LogP contribution in [0.1, 0.15) is 10.4 Å². The van der Waals surface area contributed by atoms with Crippen molar-refractivity contribution in [2.75, 3.05) is 18.1 Å². The number of ether oxygens (including phenoxy) is 1. The number of esters is 1. The molecule has 0 heterocycles. The summed E-state index contributed by atoms with van der Waals surface area (Å²) >= 11 is 17.8. The minimum atomic E-state index is -0.879. The average Bonchev–Trinajstić information content (AvgIpc) is 2.62. The summed E-state index contributed by atoms with van der Waals surface area (Å²) in [4.78, 5) is 25.7. The lowest BCUT2D eigenvalue weighted by Gasteiger charge is -2.19. The zero-order valence-electron chi connectivity index (χ0n) is 12.7. The second-order valence-electron chi connectivity index (χ2n) is 4.77.